The van der Waals surface area contributed by atoms with Gasteiger partial charge in [-0.3, -0.25) is 19.6 Å². The van der Waals surface area contributed by atoms with Gasteiger partial charge in [-0.1, -0.05) is 32.9 Å². The molecule has 0 saturated carbocycles. The van der Waals surface area contributed by atoms with Crippen LogP contribution in [0.3, 0.4) is 0 Å². The number of nitrogen functional groups attached to an aromatic ring is 1. The van der Waals surface area contributed by atoms with Crippen LogP contribution in [0, 0.1) is 17.7 Å². The zero-order valence-electron chi connectivity index (χ0n) is 25.8. The molecule has 0 atom stereocenters. The van der Waals surface area contributed by atoms with E-state index in [2.05, 4.69) is 36.4 Å². The van der Waals surface area contributed by atoms with Gasteiger partial charge in [0.05, 0.1) is 11.8 Å². The van der Waals surface area contributed by atoms with Gasteiger partial charge in [0.15, 0.2) is 0 Å². The highest BCUT2D eigenvalue weighted by Crippen LogP contribution is 2.30. The molecular weight excluding hydrogens is 586 g/mol. The molecule has 0 bridgehead atoms. The summed E-state index contributed by atoms with van der Waals surface area (Å²) in [4.78, 5) is 43.0. The first-order chi connectivity index (χ1) is 20.1. The van der Waals surface area contributed by atoms with Crippen molar-refractivity contribution in [1.29, 1.82) is 5.41 Å². The van der Waals surface area contributed by atoms with E-state index in [0.29, 0.717) is 28.8 Å². The molecule has 7 N–H and O–H groups in total. The van der Waals surface area contributed by atoms with Crippen LogP contribution in [-0.2, 0) is 10.1 Å². The van der Waals surface area contributed by atoms with Gasteiger partial charge in [-0.05, 0) is 80.6 Å². The molecule has 3 rings (SSSR count). The van der Waals surface area contributed by atoms with Crippen LogP contribution in [0.25, 0.3) is 11.1 Å². The Kier molecular flexibility index (Phi) is 11.1. The second-order valence-electron chi connectivity index (χ2n) is 12.2. The maximum Gasteiger partial charge on any atom is 0.336 e. The van der Waals surface area contributed by atoms with Gasteiger partial charge in [0.25, 0.3) is 21.9 Å². The largest absolute Gasteiger partial charge is 0.478 e. The zero-order valence-corrected chi connectivity index (χ0v) is 26.6. The standard InChI is InChI=1S/C30H35N5O4.CH4O3S/c1-17-7-13-22(24(33-17)27(37)34-20-11-8-18(9-12-20)25(31)32)21-14-10-19(15-23(21)28(38)39)26(36)35-30(5,6)16-29(2,3)4;1-5(2,3)4/h7-15H,16H2,1-6H3,(H3,31,32)(H,34,37)(H,35,36)(H,38,39);1H3,(H,2,3,4). The number of aryl methyl sites for hydroxylation is 1. The van der Waals surface area contributed by atoms with Gasteiger partial charge in [0, 0.05) is 33.6 Å². The van der Waals surface area contributed by atoms with Gasteiger partial charge >= 0.3 is 5.97 Å². The number of nitrogens with two attached hydrogens (primary N) is 1. The summed E-state index contributed by atoms with van der Waals surface area (Å²) >= 11 is 0. The fourth-order valence-electron chi connectivity index (χ4n) is 4.72. The molecule has 2 aromatic carbocycles. The van der Waals surface area contributed by atoms with Crippen molar-refractivity contribution >= 4 is 39.4 Å². The monoisotopic (exact) mass is 625 g/mol. The molecule has 0 aliphatic carbocycles. The third kappa shape index (κ3) is 11.2. The second kappa shape index (κ2) is 13.8. The summed E-state index contributed by atoms with van der Waals surface area (Å²) in [5.74, 6) is -2.24. The molecule has 0 spiro atoms. The summed E-state index contributed by atoms with van der Waals surface area (Å²) in [6, 6.07) is 14.2. The number of amidine groups is 1. The van der Waals surface area contributed by atoms with E-state index in [1.165, 1.54) is 12.1 Å². The molecule has 0 saturated heterocycles. The minimum atomic E-state index is -3.67. The minimum absolute atomic E-state index is 0.0161. The number of anilines is 1. The summed E-state index contributed by atoms with van der Waals surface area (Å²) in [6.45, 7) is 11.8. The predicted molar refractivity (Wildman–Crippen MR) is 170 cm³/mol. The maximum absolute atomic E-state index is 13.3. The third-order valence-corrected chi connectivity index (χ3v) is 5.93. The quantitative estimate of drug-likeness (QED) is 0.116. The van der Waals surface area contributed by atoms with E-state index in [1.54, 1.807) is 49.4 Å². The van der Waals surface area contributed by atoms with Crippen molar-refractivity contribution in [3.8, 4) is 11.1 Å². The molecule has 0 unspecified atom stereocenters. The predicted octanol–water partition coefficient (Wildman–Crippen LogP) is 4.74. The first kappa shape index (κ1) is 35.6. The van der Waals surface area contributed by atoms with E-state index in [9.17, 15) is 27.9 Å². The fourth-order valence-corrected chi connectivity index (χ4v) is 4.72. The topological polar surface area (TPSA) is 213 Å². The highest BCUT2D eigenvalue weighted by Gasteiger charge is 2.28. The number of rotatable bonds is 8. The third-order valence-electron chi connectivity index (χ3n) is 5.93. The Morgan fingerprint density at radius 2 is 1.43 bits per heavy atom. The van der Waals surface area contributed by atoms with Crippen LogP contribution in [0.5, 0.6) is 0 Å². The van der Waals surface area contributed by atoms with E-state index in [0.717, 1.165) is 6.42 Å². The van der Waals surface area contributed by atoms with Gasteiger partial charge in [-0.2, -0.15) is 8.42 Å². The lowest BCUT2D eigenvalue weighted by Crippen LogP contribution is -2.45. The Labute approximate surface area is 257 Å². The van der Waals surface area contributed by atoms with Crippen molar-refractivity contribution in [2.45, 2.75) is 53.5 Å². The molecule has 0 radical (unpaired) electrons. The van der Waals surface area contributed by atoms with Crippen molar-refractivity contribution in [3.63, 3.8) is 0 Å². The first-order valence-electron chi connectivity index (χ1n) is 13.4. The van der Waals surface area contributed by atoms with Crippen LogP contribution >= 0.6 is 0 Å². The lowest BCUT2D eigenvalue weighted by atomic mass is 9.81. The number of aromatic nitrogens is 1. The van der Waals surface area contributed by atoms with Crippen molar-refractivity contribution in [3.05, 3.63) is 82.7 Å². The lowest BCUT2D eigenvalue weighted by molar-refractivity contribution is 0.0697. The van der Waals surface area contributed by atoms with Gasteiger partial charge in [0.1, 0.15) is 11.5 Å². The molecule has 1 aromatic heterocycles. The summed E-state index contributed by atoms with van der Waals surface area (Å²) in [7, 11) is -3.67. The fraction of sp³-hybridized carbons (Fsp3) is 0.323. The highest BCUT2D eigenvalue weighted by molar-refractivity contribution is 7.85. The number of benzene rings is 2. The van der Waals surface area contributed by atoms with Crippen molar-refractivity contribution in [2.24, 2.45) is 11.1 Å². The SMILES string of the molecule is CS(=O)(=O)O.Cc1ccc(-c2ccc(C(=O)NC(C)(C)CC(C)(C)C)cc2C(=O)O)c(C(=O)Nc2ccc(C(=N)N)cc2)n1. The minimum Gasteiger partial charge on any atom is -0.478 e. The second-order valence-corrected chi connectivity index (χ2v) is 13.6. The van der Waals surface area contributed by atoms with Crippen LogP contribution in [0.2, 0.25) is 0 Å². The average Bonchev–Trinajstić information content (AvgIpc) is 2.85. The number of carboxylic acid groups (broad SMARTS) is 1. The van der Waals surface area contributed by atoms with Gasteiger partial charge in [-0.15, -0.1) is 0 Å². The average molecular weight is 626 g/mol. The van der Waals surface area contributed by atoms with Crippen molar-refractivity contribution < 1.29 is 32.5 Å². The number of pyridine rings is 1. The maximum atomic E-state index is 13.3. The molecule has 0 fully saturated rings. The van der Waals surface area contributed by atoms with Gasteiger partial charge in [0.2, 0.25) is 0 Å². The van der Waals surface area contributed by atoms with E-state index in [1.807, 2.05) is 13.8 Å². The number of hydrogen-bond donors (Lipinski definition) is 6. The summed E-state index contributed by atoms with van der Waals surface area (Å²) in [5, 5.41) is 23.3. The molecule has 1 heterocycles. The summed E-state index contributed by atoms with van der Waals surface area (Å²) in [5.41, 5.74) is 7.21. The molecule has 44 heavy (non-hydrogen) atoms. The van der Waals surface area contributed by atoms with Gasteiger partial charge in [-0.25, -0.2) is 9.78 Å². The number of amides is 2. The number of aromatic carboxylic acids is 1. The smallest absolute Gasteiger partial charge is 0.336 e. The molecule has 12 nitrogen and oxygen atoms in total. The zero-order chi connectivity index (χ0) is 33.6. The number of hydrogen-bond acceptors (Lipinski definition) is 7. The van der Waals surface area contributed by atoms with Crippen LogP contribution in [-0.4, -0.2) is 58.5 Å². The van der Waals surface area contributed by atoms with Crippen LogP contribution in [0.4, 0.5) is 5.69 Å². The van der Waals surface area contributed by atoms with E-state index in [-0.39, 0.29) is 39.5 Å². The number of nitrogens with one attached hydrogen (secondary N) is 3. The Bertz CT molecular complexity index is 1670. The molecular formula is C31H39N5O7S. The van der Waals surface area contributed by atoms with Gasteiger partial charge < -0.3 is 21.5 Å². The Morgan fingerprint density at radius 1 is 0.909 bits per heavy atom. The van der Waals surface area contributed by atoms with E-state index < -0.39 is 27.5 Å². The first-order valence-corrected chi connectivity index (χ1v) is 15.3. The Morgan fingerprint density at radius 3 is 1.93 bits per heavy atom. The number of carbonyl (C=O) groups excluding carboxylic acids is 2. The van der Waals surface area contributed by atoms with Crippen molar-refractivity contribution in [2.75, 3.05) is 11.6 Å². The molecule has 2 amide bonds. The molecule has 0 aliphatic heterocycles. The number of nitrogens with zero attached hydrogens (tertiary/aromatic N) is 1. The normalized spacial score (nSPS) is 11.5. The molecule has 236 valence electrons. The molecule has 13 heteroatoms. The summed E-state index contributed by atoms with van der Waals surface area (Å²) < 4.78 is 25.9. The molecule has 0 aliphatic rings. The highest BCUT2D eigenvalue weighted by atomic mass is 32.2. The van der Waals surface area contributed by atoms with E-state index in [4.69, 9.17) is 15.7 Å². The van der Waals surface area contributed by atoms with Crippen LogP contribution in [0.15, 0.2) is 54.6 Å². The van der Waals surface area contributed by atoms with Crippen LogP contribution in [0.1, 0.15) is 83.5 Å². The Balaban J connectivity index is 0.00000125. The molecule has 3 aromatic rings. The van der Waals surface area contributed by atoms with Crippen molar-refractivity contribution in [1.82, 2.24) is 10.3 Å². The number of carboxylic acids is 1. The lowest BCUT2D eigenvalue weighted by Gasteiger charge is -2.33. The Hall–Kier alpha value is -4.62. The number of carbonyl (C=O) groups is 3. The van der Waals surface area contributed by atoms with E-state index >= 15 is 0 Å². The summed E-state index contributed by atoms with van der Waals surface area (Å²) in [6.07, 6.45) is 1.44. The van der Waals surface area contributed by atoms with Crippen LogP contribution < -0.4 is 16.4 Å².